The van der Waals surface area contributed by atoms with Crippen LogP contribution in [0.3, 0.4) is 0 Å². The van der Waals surface area contributed by atoms with E-state index in [1.54, 1.807) is 28.2 Å². The number of nitrogen functional groups attached to an aromatic ring is 1. The molecule has 2 aromatic rings. The van der Waals surface area contributed by atoms with E-state index in [9.17, 15) is 0 Å². The summed E-state index contributed by atoms with van der Waals surface area (Å²) in [6.45, 7) is 0. The second kappa shape index (κ2) is 5.23. The fraction of sp³-hybridized carbons (Fsp3) is 0.400. The third-order valence-corrected chi connectivity index (χ3v) is 3.88. The van der Waals surface area contributed by atoms with E-state index in [0.29, 0.717) is 0 Å². The van der Waals surface area contributed by atoms with Crippen LogP contribution in [0.1, 0.15) is 22.7 Å². The van der Waals surface area contributed by atoms with Gasteiger partial charge in [0.2, 0.25) is 0 Å². The van der Waals surface area contributed by atoms with Gasteiger partial charge in [-0.1, -0.05) is 0 Å². The number of aromatic nitrogens is 2. The van der Waals surface area contributed by atoms with Crippen molar-refractivity contribution in [2.75, 3.05) is 5.73 Å². The Morgan fingerprint density at radius 3 is 2.73 bits per heavy atom. The summed E-state index contributed by atoms with van der Waals surface area (Å²) in [7, 11) is 0. The van der Waals surface area contributed by atoms with E-state index < -0.39 is 0 Å². The van der Waals surface area contributed by atoms with E-state index >= 15 is 0 Å². The largest absolute Gasteiger partial charge is 0.391 e. The molecule has 0 aliphatic heterocycles. The number of hydrogen-bond donors (Lipinski definition) is 1. The molecule has 0 aromatic carbocycles. The van der Waals surface area contributed by atoms with Crippen LogP contribution in [-0.4, -0.2) is 10.2 Å². The van der Waals surface area contributed by atoms with Crippen LogP contribution >= 0.6 is 22.7 Å². The fourth-order valence-corrected chi connectivity index (χ4v) is 2.80. The van der Waals surface area contributed by atoms with Crippen LogP contribution in [0.25, 0.3) is 0 Å². The Labute approximate surface area is 97.0 Å². The lowest BCUT2D eigenvalue weighted by Crippen LogP contribution is -1.87. The summed E-state index contributed by atoms with van der Waals surface area (Å²) in [4.78, 5) is 1.38. The zero-order valence-corrected chi connectivity index (χ0v) is 9.98. The van der Waals surface area contributed by atoms with E-state index in [-0.39, 0.29) is 0 Å². The summed E-state index contributed by atoms with van der Waals surface area (Å²) >= 11 is 3.32. The van der Waals surface area contributed by atoms with Gasteiger partial charge in [-0.05, 0) is 31.4 Å². The second-order valence-electron chi connectivity index (χ2n) is 3.34. The smallest absolute Gasteiger partial charge is 0.117 e. The minimum Gasteiger partial charge on any atom is -0.391 e. The highest BCUT2D eigenvalue weighted by atomic mass is 32.1. The fourth-order valence-electron chi connectivity index (χ4n) is 1.41. The monoisotopic (exact) mass is 239 g/mol. The number of anilines is 1. The molecular formula is C10H13N3S2. The van der Waals surface area contributed by atoms with E-state index in [0.717, 1.165) is 22.9 Å². The first-order chi connectivity index (χ1) is 7.34. The van der Waals surface area contributed by atoms with Crippen molar-refractivity contribution in [1.82, 2.24) is 10.2 Å². The molecule has 0 saturated heterocycles. The summed E-state index contributed by atoms with van der Waals surface area (Å²) in [5.41, 5.74) is 7.45. The van der Waals surface area contributed by atoms with Crippen LogP contribution in [0.2, 0.25) is 0 Å². The Bertz CT molecular complexity index is 394. The van der Waals surface area contributed by atoms with Crippen molar-refractivity contribution in [1.29, 1.82) is 0 Å². The molecule has 2 rings (SSSR count). The van der Waals surface area contributed by atoms with Crippen LogP contribution in [-0.2, 0) is 12.8 Å². The Kier molecular flexibility index (Phi) is 3.69. The van der Waals surface area contributed by atoms with Crippen molar-refractivity contribution in [2.24, 2.45) is 0 Å². The van der Waals surface area contributed by atoms with Crippen molar-refractivity contribution in [3.05, 3.63) is 27.5 Å². The molecule has 2 N–H and O–H groups in total. The first kappa shape index (κ1) is 10.6. The molecule has 3 nitrogen and oxygen atoms in total. The normalized spacial score (nSPS) is 10.7. The lowest BCUT2D eigenvalue weighted by atomic mass is 10.2. The lowest BCUT2D eigenvalue weighted by Gasteiger charge is -1.96. The molecule has 2 aromatic heterocycles. The van der Waals surface area contributed by atoms with Gasteiger partial charge in [-0.25, -0.2) is 0 Å². The summed E-state index contributed by atoms with van der Waals surface area (Å²) in [6.07, 6.45) is 4.54. The molecule has 0 atom stereocenters. The predicted octanol–water partition coefficient (Wildman–Crippen LogP) is 2.75. The number of nitrogens with two attached hydrogens (primary N) is 1. The maximum Gasteiger partial charge on any atom is 0.117 e. The standard InChI is InChI=1S/C10H13N3S2/c11-9-6-5-8(15-9)3-1-2-4-10-13-12-7-14-10/h5-7H,1-4,11H2. The molecular weight excluding hydrogens is 226 g/mol. The Balaban J connectivity index is 1.67. The van der Waals surface area contributed by atoms with E-state index in [2.05, 4.69) is 16.3 Å². The third kappa shape index (κ3) is 3.28. The molecule has 15 heavy (non-hydrogen) atoms. The molecule has 0 aliphatic rings. The second-order valence-corrected chi connectivity index (χ2v) is 5.46. The van der Waals surface area contributed by atoms with Gasteiger partial charge in [-0.2, -0.15) is 0 Å². The number of thiophene rings is 1. The van der Waals surface area contributed by atoms with Gasteiger partial charge in [0.15, 0.2) is 0 Å². The minimum atomic E-state index is 0.911. The summed E-state index contributed by atoms with van der Waals surface area (Å²) in [6, 6.07) is 4.09. The maximum absolute atomic E-state index is 5.66. The number of rotatable bonds is 5. The van der Waals surface area contributed by atoms with Gasteiger partial charge in [-0.3, -0.25) is 0 Å². The lowest BCUT2D eigenvalue weighted by molar-refractivity contribution is 0.731. The minimum absolute atomic E-state index is 0.911. The quantitative estimate of drug-likeness (QED) is 0.816. The van der Waals surface area contributed by atoms with Gasteiger partial charge < -0.3 is 5.73 Å². The number of unbranched alkanes of at least 4 members (excludes halogenated alkanes) is 1. The Morgan fingerprint density at radius 2 is 2.07 bits per heavy atom. The molecule has 0 amide bonds. The van der Waals surface area contributed by atoms with Crippen molar-refractivity contribution >= 4 is 27.7 Å². The van der Waals surface area contributed by atoms with Crippen molar-refractivity contribution in [3.8, 4) is 0 Å². The zero-order valence-electron chi connectivity index (χ0n) is 8.35. The molecule has 0 bridgehead atoms. The summed E-state index contributed by atoms with van der Waals surface area (Å²) in [5, 5.41) is 9.88. The van der Waals surface area contributed by atoms with Crippen LogP contribution in [0.15, 0.2) is 17.6 Å². The van der Waals surface area contributed by atoms with E-state index in [1.807, 2.05) is 6.07 Å². The predicted molar refractivity (Wildman–Crippen MR) is 65.3 cm³/mol. The highest BCUT2D eigenvalue weighted by molar-refractivity contribution is 7.15. The van der Waals surface area contributed by atoms with Crippen molar-refractivity contribution in [3.63, 3.8) is 0 Å². The van der Waals surface area contributed by atoms with E-state index in [4.69, 9.17) is 5.73 Å². The van der Waals surface area contributed by atoms with Crippen molar-refractivity contribution in [2.45, 2.75) is 25.7 Å². The Hall–Kier alpha value is -0.940. The topological polar surface area (TPSA) is 51.8 Å². The van der Waals surface area contributed by atoms with Gasteiger partial charge >= 0.3 is 0 Å². The van der Waals surface area contributed by atoms with Gasteiger partial charge in [0.25, 0.3) is 0 Å². The molecule has 2 heterocycles. The maximum atomic E-state index is 5.66. The first-order valence-electron chi connectivity index (χ1n) is 4.94. The summed E-state index contributed by atoms with van der Waals surface area (Å²) in [5.74, 6) is 0. The summed E-state index contributed by atoms with van der Waals surface area (Å²) < 4.78 is 0. The average molecular weight is 239 g/mol. The van der Waals surface area contributed by atoms with Gasteiger partial charge in [0, 0.05) is 11.3 Å². The van der Waals surface area contributed by atoms with Gasteiger partial charge in [0.1, 0.15) is 10.5 Å². The number of hydrogen-bond acceptors (Lipinski definition) is 5. The number of aryl methyl sites for hydroxylation is 2. The van der Waals surface area contributed by atoms with Crippen LogP contribution in [0.5, 0.6) is 0 Å². The molecule has 0 unspecified atom stereocenters. The molecule has 0 spiro atoms. The molecule has 5 heteroatoms. The first-order valence-corrected chi connectivity index (χ1v) is 6.63. The highest BCUT2D eigenvalue weighted by Crippen LogP contribution is 2.20. The van der Waals surface area contributed by atoms with Gasteiger partial charge in [0.05, 0.1) is 5.00 Å². The van der Waals surface area contributed by atoms with Crippen LogP contribution < -0.4 is 5.73 Å². The average Bonchev–Trinajstić information content (AvgIpc) is 2.84. The third-order valence-electron chi connectivity index (χ3n) is 2.15. The zero-order chi connectivity index (χ0) is 10.5. The van der Waals surface area contributed by atoms with Crippen LogP contribution in [0.4, 0.5) is 5.00 Å². The van der Waals surface area contributed by atoms with Crippen LogP contribution in [0, 0.1) is 0 Å². The molecule has 80 valence electrons. The molecule has 0 saturated carbocycles. The SMILES string of the molecule is Nc1ccc(CCCCc2nncs2)s1. The molecule has 0 fully saturated rings. The van der Waals surface area contributed by atoms with Crippen molar-refractivity contribution < 1.29 is 0 Å². The Morgan fingerprint density at radius 1 is 1.20 bits per heavy atom. The van der Waals surface area contributed by atoms with E-state index in [1.165, 1.54) is 17.7 Å². The number of nitrogens with zero attached hydrogens (tertiary/aromatic N) is 2. The highest BCUT2D eigenvalue weighted by Gasteiger charge is 1.99. The molecule has 0 aliphatic carbocycles. The molecule has 0 radical (unpaired) electrons. The van der Waals surface area contributed by atoms with Gasteiger partial charge in [-0.15, -0.1) is 32.9 Å².